The van der Waals surface area contributed by atoms with Gasteiger partial charge in [0.15, 0.2) is 0 Å². The molecule has 5 heteroatoms. The van der Waals surface area contributed by atoms with Gasteiger partial charge in [0.2, 0.25) is 5.88 Å². The summed E-state index contributed by atoms with van der Waals surface area (Å²) < 4.78 is 19.0. The van der Waals surface area contributed by atoms with Crippen LogP contribution in [0, 0.1) is 5.82 Å². The standard InChI is InChI=1S/C21H19FN2O.ClH/c22-18-8-6-16(7-9-18)14-24-12-13-25-21-20(15-24)19(10-11-23-21)17-4-2-1-3-5-17;/h1-11H,12-15H2;1H. The van der Waals surface area contributed by atoms with Gasteiger partial charge in [0.1, 0.15) is 12.4 Å². The first-order chi connectivity index (χ1) is 12.3. The molecule has 2 heterocycles. The average molecular weight is 371 g/mol. The first-order valence-electron chi connectivity index (χ1n) is 8.42. The SMILES string of the molecule is Cl.Fc1ccc(CN2CCOc3nccc(-c4ccccc4)c3C2)cc1. The van der Waals surface area contributed by atoms with Crippen molar-refractivity contribution in [1.82, 2.24) is 9.88 Å². The minimum atomic E-state index is -0.205. The van der Waals surface area contributed by atoms with Crippen molar-refractivity contribution in [3.63, 3.8) is 0 Å². The fourth-order valence-corrected chi connectivity index (χ4v) is 3.20. The van der Waals surface area contributed by atoms with Gasteiger partial charge in [-0.2, -0.15) is 0 Å². The predicted molar refractivity (Wildman–Crippen MR) is 103 cm³/mol. The third kappa shape index (κ3) is 4.03. The van der Waals surface area contributed by atoms with Gasteiger partial charge in [0.05, 0.1) is 0 Å². The number of ether oxygens (including phenoxy) is 1. The van der Waals surface area contributed by atoms with Crippen molar-refractivity contribution in [2.24, 2.45) is 0 Å². The predicted octanol–water partition coefficient (Wildman–Crippen LogP) is 4.70. The molecule has 2 aromatic carbocycles. The van der Waals surface area contributed by atoms with Gasteiger partial charge >= 0.3 is 0 Å². The van der Waals surface area contributed by atoms with Crippen LogP contribution in [0.15, 0.2) is 66.9 Å². The van der Waals surface area contributed by atoms with Gasteiger partial charge in [-0.1, -0.05) is 42.5 Å². The molecule has 1 aliphatic heterocycles. The second-order valence-electron chi connectivity index (χ2n) is 6.19. The van der Waals surface area contributed by atoms with E-state index in [1.54, 1.807) is 6.20 Å². The Kier molecular flexibility index (Phi) is 5.86. The van der Waals surface area contributed by atoms with Crippen molar-refractivity contribution < 1.29 is 9.13 Å². The lowest BCUT2D eigenvalue weighted by molar-refractivity contribution is 0.217. The quantitative estimate of drug-likeness (QED) is 0.668. The Bertz CT molecular complexity index is 856. The monoisotopic (exact) mass is 370 g/mol. The van der Waals surface area contributed by atoms with Gasteiger partial charge in [0, 0.05) is 31.4 Å². The number of halogens is 2. The van der Waals surface area contributed by atoms with Gasteiger partial charge < -0.3 is 4.74 Å². The number of aromatic nitrogens is 1. The molecule has 0 amide bonds. The van der Waals surface area contributed by atoms with Gasteiger partial charge in [0.25, 0.3) is 0 Å². The molecular weight excluding hydrogens is 351 g/mol. The summed E-state index contributed by atoms with van der Waals surface area (Å²) in [5.74, 6) is 0.506. The van der Waals surface area contributed by atoms with Crippen LogP contribution < -0.4 is 4.74 Å². The summed E-state index contributed by atoms with van der Waals surface area (Å²) in [6, 6.07) is 19.0. The van der Waals surface area contributed by atoms with Gasteiger partial charge in [-0.05, 0) is 34.9 Å². The van der Waals surface area contributed by atoms with E-state index < -0.39 is 0 Å². The van der Waals surface area contributed by atoms with Crippen molar-refractivity contribution >= 4 is 12.4 Å². The largest absolute Gasteiger partial charge is 0.476 e. The lowest BCUT2D eigenvalue weighted by Crippen LogP contribution is -2.25. The number of benzene rings is 2. The number of hydrogen-bond donors (Lipinski definition) is 0. The zero-order valence-electron chi connectivity index (χ0n) is 14.3. The van der Waals surface area contributed by atoms with Crippen LogP contribution in [0.1, 0.15) is 11.1 Å². The fraction of sp³-hybridized carbons (Fsp3) is 0.190. The van der Waals surface area contributed by atoms with E-state index >= 15 is 0 Å². The Morgan fingerprint density at radius 3 is 2.54 bits per heavy atom. The molecule has 0 radical (unpaired) electrons. The molecule has 134 valence electrons. The maximum atomic E-state index is 13.1. The fourth-order valence-electron chi connectivity index (χ4n) is 3.20. The summed E-state index contributed by atoms with van der Waals surface area (Å²) in [4.78, 5) is 6.73. The molecule has 0 fully saturated rings. The molecule has 1 aromatic heterocycles. The highest BCUT2D eigenvalue weighted by Crippen LogP contribution is 2.31. The van der Waals surface area contributed by atoms with Crippen molar-refractivity contribution in [1.29, 1.82) is 0 Å². The van der Waals surface area contributed by atoms with Crippen LogP contribution in [0.25, 0.3) is 11.1 Å². The Balaban J connectivity index is 0.00000196. The van der Waals surface area contributed by atoms with E-state index in [1.807, 2.05) is 36.4 Å². The van der Waals surface area contributed by atoms with Crippen molar-refractivity contribution in [3.8, 4) is 17.0 Å². The maximum Gasteiger partial charge on any atom is 0.218 e. The van der Waals surface area contributed by atoms with Crippen molar-refractivity contribution in [2.45, 2.75) is 13.1 Å². The Morgan fingerprint density at radius 1 is 1.00 bits per heavy atom. The number of pyridine rings is 1. The van der Waals surface area contributed by atoms with Gasteiger partial charge in [-0.25, -0.2) is 9.37 Å². The molecule has 0 atom stereocenters. The molecule has 0 unspecified atom stereocenters. The first-order valence-corrected chi connectivity index (χ1v) is 8.42. The molecule has 3 aromatic rings. The summed E-state index contributed by atoms with van der Waals surface area (Å²) in [6.45, 7) is 2.92. The first kappa shape index (κ1) is 18.4. The van der Waals surface area contributed by atoms with Crippen molar-refractivity contribution in [3.05, 3.63) is 83.8 Å². The molecule has 0 N–H and O–H groups in total. The topological polar surface area (TPSA) is 25.4 Å². The van der Waals surface area contributed by atoms with Crippen LogP contribution in [-0.2, 0) is 13.1 Å². The molecule has 0 spiro atoms. The van der Waals surface area contributed by atoms with E-state index in [-0.39, 0.29) is 18.2 Å². The smallest absolute Gasteiger partial charge is 0.218 e. The molecule has 0 aliphatic carbocycles. The molecule has 3 nitrogen and oxygen atoms in total. The van der Waals surface area contributed by atoms with Crippen LogP contribution in [0.3, 0.4) is 0 Å². The number of rotatable bonds is 3. The zero-order valence-corrected chi connectivity index (χ0v) is 15.1. The summed E-state index contributed by atoms with van der Waals surface area (Å²) in [7, 11) is 0. The second kappa shape index (κ2) is 8.30. The third-order valence-electron chi connectivity index (χ3n) is 4.45. The lowest BCUT2D eigenvalue weighted by atomic mass is 10.0. The van der Waals surface area contributed by atoms with E-state index in [9.17, 15) is 4.39 Å². The van der Waals surface area contributed by atoms with Gasteiger partial charge in [-0.3, -0.25) is 4.90 Å². The molecule has 0 bridgehead atoms. The van der Waals surface area contributed by atoms with Crippen LogP contribution in [0.4, 0.5) is 4.39 Å². The summed E-state index contributed by atoms with van der Waals surface area (Å²) >= 11 is 0. The highest BCUT2D eigenvalue weighted by Gasteiger charge is 2.20. The molecule has 26 heavy (non-hydrogen) atoms. The minimum absolute atomic E-state index is 0. The highest BCUT2D eigenvalue weighted by atomic mass is 35.5. The number of fused-ring (bicyclic) bond motifs is 1. The van der Waals surface area contributed by atoms with Gasteiger partial charge in [-0.15, -0.1) is 12.4 Å². The third-order valence-corrected chi connectivity index (χ3v) is 4.45. The Hall–Kier alpha value is -2.43. The zero-order chi connectivity index (χ0) is 17.1. The van der Waals surface area contributed by atoms with E-state index in [0.29, 0.717) is 12.5 Å². The summed E-state index contributed by atoms with van der Waals surface area (Å²) in [6.07, 6.45) is 1.80. The maximum absolute atomic E-state index is 13.1. The van der Waals surface area contributed by atoms with Crippen molar-refractivity contribution in [2.75, 3.05) is 13.2 Å². The number of hydrogen-bond acceptors (Lipinski definition) is 3. The van der Waals surface area contributed by atoms with E-state index in [4.69, 9.17) is 4.74 Å². The summed E-state index contributed by atoms with van der Waals surface area (Å²) in [5.41, 5.74) is 4.51. The van der Waals surface area contributed by atoms with E-state index in [2.05, 4.69) is 22.0 Å². The second-order valence-corrected chi connectivity index (χ2v) is 6.19. The van der Waals surface area contributed by atoms with Crippen LogP contribution in [0.2, 0.25) is 0 Å². The van der Waals surface area contributed by atoms with E-state index in [0.717, 1.165) is 41.9 Å². The molecule has 1 aliphatic rings. The molecule has 4 rings (SSSR count). The minimum Gasteiger partial charge on any atom is -0.476 e. The molecular formula is C21H20ClFN2O. The lowest BCUT2D eigenvalue weighted by Gasteiger charge is -2.20. The van der Waals surface area contributed by atoms with Crippen LogP contribution in [0.5, 0.6) is 5.88 Å². The van der Waals surface area contributed by atoms with Crippen LogP contribution >= 0.6 is 12.4 Å². The normalized spacial score (nSPS) is 13.9. The molecule has 0 saturated carbocycles. The summed E-state index contributed by atoms with van der Waals surface area (Å²) in [5, 5.41) is 0. The van der Waals surface area contributed by atoms with Crippen LogP contribution in [-0.4, -0.2) is 23.0 Å². The average Bonchev–Trinajstić information content (AvgIpc) is 2.86. The number of nitrogens with zero attached hydrogens (tertiary/aromatic N) is 2. The highest BCUT2D eigenvalue weighted by molar-refractivity contribution is 5.85. The molecule has 0 saturated heterocycles. The Labute approximate surface area is 158 Å². The van der Waals surface area contributed by atoms with E-state index in [1.165, 1.54) is 12.1 Å². The Morgan fingerprint density at radius 2 is 1.77 bits per heavy atom.